The molecule has 1 aromatic rings. The van der Waals surface area contributed by atoms with E-state index in [4.69, 9.17) is 5.26 Å². The van der Waals surface area contributed by atoms with Gasteiger partial charge in [-0.3, -0.25) is 4.79 Å². The molecule has 1 N–H and O–H groups in total. The second-order valence-electron chi connectivity index (χ2n) is 3.45. The molecule has 0 bridgehead atoms. The summed E-state index contributed by atoms with van der Waals surface area (Å²) in [5.41, 5.74) is 0.509. The number of anilines is 1. The maximum atomic E-state index is 12.8. The van der Waals surface area contributed by atoms with Gasteiger partial charge in [0.25, 0.3) is 0 Å². The molecule has 0 heterocycles. The first kappa shape index (κ1) is 12.2. The zero-order valence-electron chi connectivity index (χ0n) is 9.09. The third kappa shape index (κ3) is 3.35. The zero-order valence-corrected chi connectivity index (χ0v) is 9.09. The summed E-state index contributed by atoms with van der Waals surface area (Å²) in [6.45, 7) is 1.99. The first-order chi connectivity index (χ1) is 7.67. The highest BCUT2D eigenvalue weighted by molar-refractivity contribution is 5.92. The fourth-order valence-corrected chi connectivity index (χ4v) is 1.27. The van der Waals surface area contributed by atoms with Gasteiger partial charge in [-0.1, -0.05) is 13.3 Å². The van der Waals surface area contributed by atoms with Crippen molar-refractivity contribution in [3.05, 3.63) is 29.6 Å². The number of unbranched alkanes of at least 4 members (excludes halogenated alkanes) is 1. The summed E-state index contributed by atoms with van der Waals surface area (Å²) in [5.74, 6) is -0.631. The molecule has 0 unspecified atom stereocenters. The van der Waals surface area contributed by atoms with E-state index < -0.39 is 5.82 Å². The number of benzene rings is 1. The van der Waals surface area contributed by atoms with Crippen molar-refractivity contribution >= 4 is 11.6 Å². The van der Waals surface area contributed by atoms with Crippen LogP contribution in [-0.4, -0.2) is 5.91 Å². The molecule has 0 aliphatic rings. The molecule has 0 aromatic heterocycles. The highest BCUT2D eigenvalue weighted by atomic mass is 19.1. The Morgan fingerprint density at radius 2 is 2.31 bits per heavy atom. The second kappa shape index (κ2) is 5.86. The number of amides is 1. The van der Waals surface area contributed by atoms with E-state index in [1.165, 1.54) is 12.1 Å². The highest BCUT2D eigenvalue weighted by Crippen LogP contribution is 2.16. The SMILES string of the molecule is CCCCC(=O)Nc1ccc(F)cc1C#N. The van der Waals surface area contributed by atoms with Crippen molar-refractivity contribution < 1.29 is 9.18 Å². The lowest BCUT2D eigenvalue weighted by atomic mass is 10.1. The van der Waals surface area contributed by atoms with E-state index in [1.54, 1.807) is 0 Å². The quantitative estimate of drug-likeness (QED) is 0.848. The minimum atomic E-state index is -0.483. The minimum absolute atomic E-state index is 0.143. The summed E-state index contributed by atoms with van der Waals surface area (Å²) >= 11 is 0. The average molecular weight is 220 g/mol. The summed E-state index contributed by atoms with van der Waals surface area (Å²) in [5, 5.41) is 11.4. The van der Waals surface area contributed by atoms with E-state index in [1.807, 2.05) is 13.0 Å². The van der Waals surface area contributed by atoms with Crippen LogP contribution in [0, 0.1) is 17.1 Å². The van der Waals surface area contributed by atoms with Crippen molar-refractivity contribution in [3.63, 3.8) is 0 Å². The van der Waals surface area contributed by atoms with Crippen molar-refractivity contribution in [2.24, 2.45) is 0 Å². The Kier molecular flexibility index (Phi) is 4.46. The Bertz CT molecular complexity index is 424. The first-order valence-corrected chi connectivity index (χ1v) is 5.17. The molecule has 84 valence electrons. The number of carbonyl (C=O) groups is 1. The zero-order chi connectivity index (χ0) is 12.0. The molecule has 0 aliphatic heterocycles. The monoisotopic (exact) mass is 220 g/mol. The molecule has 0 radical (unpaired) electrons. The molecule has 1 aromatic carbocycles. The topological polar surface area (TPSA) is 52.9 Å². The molecule has 4 heteroatoms. The smallest absolute Gasteiger partial charge is 0.224 e. The maximum absolute atomic E-state index is 12.8. The van der Waals surface area contributed by atoms with Crippen LogP contribution in [-0.2, 0) is 4.79 Å². The van der Waals surface area contributed by atoms with Crippen molar-refractivity contribution in [2.45, 2.75) is 26.2 Å². The van der Waals surface area contributed by atoms with Crippen LogP contribution >= 0.6 is 0 Å². The first-order valence-electron chi connectivity index (χ1n) is 5.17. The van der Waals surface area contributed by atoms with E-state index in [0.717, 1.165) is 18.9 Å². The number of nitrogens with one attached hydrogen (secondary N) is 1. The summed E-state index contributed by atoms with van der Waals surface area (Å²) in [7, 11) is 0. The van der Waals surface area contributed by atoms with E-state index in [2.05, 4.69) is 5.32 Å². The lowest BCUT2D eigenvalue weighted by Crippen LogP contribution is -2.12. The fourth-order valence-electron chi connectivity index (χ4n) is 1.27. The Morgan fingerprint density at radius 3 is 2.94 bits per heavy atom. The molecule has 0 saturated carbocycles. The van der Waals surface area contributed by atoms with Gasteiger partial charge in [0.1, 0.15) is 11.9 Å². The molecule has 0 aliphatic carbocycles. The van der Waals surface area contributed by atoms with Crippen LogP contribution in [0.1, 0.15) is 31.7 Å². The van der Waals surface area contributed by atoms with Gasteiger partial charge in [-0.2, -0.15) is 5.26 Å². The molecule has 0 atom stereocenters. The minimum Gasteiger partial charge on any atom is -0.325 e. The van der Waals surface area contributed by atoms with Crippen molar-refractivity contribution in [1.29, 1.82) is 5.26 Å². The molecule has 3 nitrogen and oxygen atoms in total. The van der Waals surface area contributed by atoms with Crippen LogP contribution in [0.3, 0.4) is 0 Å². The number of hydrogen-bond acceptors (Lipinski definition) is 2. The third-order valence-corrected chi connectivity index (χ3v) is 2.13. The maximum Gasteiger partial charge on any atom is 0.224 e. The van der Waals surface area contributed by atoms with Crippen LogP contribution in [0.15, 0.2) is 18.2 Å². The van der Waals surface area contributed by atoms with Gasteiger partial charge < -0.3 is 5.32 Å². The van der Waals surface area contributed by atoms with E-state index in [0.29, 0.717) is 12.1 Å². The van der Waals surface area contributed by atoms with E-state index >= 15 is 0 Å². The predicted molar refractivity (Wildman–Crippen MR) is 59.3 cm³/mol. The van der Waals surface area contributed by atoms with Crippen LogP contribution in [0.4, 0.5) is 10.1 Å². The van der Waals surface area contributed by atoms with Gasteiger partial charge in [-0.25, -0.2) is 4.39 Å². The Hall–Kier alpha value is -1.89. The van der Waals surface area contributed by atoms with Gasteiger partial charge in [0, 0.05) is 6.42 Å². The van der Waals surface area contributed by atoms with Crippen LogP contribution in [0.25, 0.3) is 0 Å². The second-order valence-corrected chi connectivity index (χ2v) is 3.45. The molecular weight excluding hydrogens is 207 g/mol. The summed E-state index contributed by atoms with van der Waals surface area (Å²) < 4.78 is 12.8. The molecule has 0 spiro atoms. The van der Waals surface area contributed by atoms with Crippen LogP contribution in [0.2, 0.25) is 0 Å². The number of rotatable bonds is 4. The summed E-state index contributed by atoms with van der Waals surface area (Å²) in [6.07, 6.45) is 2.15. The lowest BCUT2D eigenvalue weighted by Gasteiger charge is -2.06. The standard InChI is InChI=1S/C12H13FN2O/c1-2-3-4-12(16)15-11-6-5-10(13)7-9(11)8-14/h5-7H,2-4H2,1H3,(H,15,16). The van der Waals surface area contributed by atoms with Crippen LogP contribution in [0.5, 0.6) is 0 Å². The Balaban J connectivity index is 2.74. The lowest BCUT2D eigenvalue weighted by molar-refractivity contribution is -0.116. The number of halogens is 1. The van der Waals surface area contributed by atoms with Gasteiger partial charge >= 0.3 is 0 Å². The molecule has 0 fully saturated rings. The Labute approximate surface area is 93.9 Å². The van der Waals surface area contributed by atoms with Gasteiger partial charge in [-0.05, 0) is 24.6 Å². The number of nitriles is 1. The molecule has 16 heavy (non-hydrogen) atoms. The molecule has 1 rings (SSSR count). The van der Waals surface area contributed by atoms with Crippen LogP contribution < -0.4 is 5.32 Å². The third-order valence-electron chi connectivity index (χ3n) is 2.13. The number of hydrogen-bond donors (Lipinski definition) is 1. The predicted octanol–water partition coefficient (Wildman–Crippen LogP) is 2.83. The van der Waals surface area contributed by atoms with E-state index in [-0.39, 0.29) is 11.5 Å². The fraction of sp³-hybridized carbons (Fsp3) is 0.333. The molecule has 0 saturated heterocycles. The summed E-state index contributed by atoms with van der Waals surface area (Å²) in [6, 6.07) is 5.57. The largest absolute Gasteiger partial charge is 0.325 e. The Morgan fingerprint density at radius 1 is 1.56 bits per heavy atom. The van der Waals surface area contributed by atoms with Crippen molar-refractivity contribution in [2.75, 3.05) is 5.32 Å². The van der Waals surface area contributed by atoms with Gasteiger partial charge in [0.2, 0.25) is 5.91 Å². The van der Waals surface area contributed by atoms with Crippen molar-refractivity contribution in [3.8, 4) is 6.07 Å². The van der Waals surface area contributed by atoms with Crippen molar-refractivity contribution in [1.82, 2.24) is 0 Å². The normalized spacial score (nSPS) is 9.56. The van der Waals surface area contributed by atoms with Gasteiger partial charge in [0.05, 0.1) is 11.3 Å². The average Bonchev–Trinajstić information content (AvgIpc) is 2.28. The molecular formula is C12H13FN2O. The van der Waals surface area contributed by atoms with Gasteiger partial charge in [0.15, 0.2) is 0 Å². The number of carbonyl (C=O) groups excluding carboxylic acids is 1. The van der Waals surface area contributed by atoms with Gasteiger partial charge in [-0.15, -0.1) is 0 Å². The summed E-state index contributed by atoms with van der Waals surface area (Å²) in [4.78, 5) is 11.4. The molecule has 1 amide bonds. The van der Waals surface area contributed by atoms with E-state index in [9.17, 15) is 9.18 Å². The number of nitrogens with zero attached hydrogens (tertiary/aromatic N) is 1. The highest BCUT2D eigenvalue weighted by Gasteiger charge is 2.07.